The lowest BCUT2D eigenvalue weighted by Crippen LogP contribution is -2.29. The van der Waals surface area contributed by atoms with Crippen molar-refractivity contribution in [1.82, 2.24) is 14.5 Å². The summed E-state index contributed by atoms with van der Waals surface area (Å²) in [7, 11) is 0. The summed E-state index contributed by atoms with van der Waals surface area (Å²) in [4.78, 5) is 34.3. The van der Waals surface area contributed by atoms with Gasteiger partial charge < -0.3 is 10.1 Å². The molecule has 1 saturated heterocycles. The lowest BCUT2D eigenvalue weighted by molar-refractivity contribution is -0.113. The Hall–Kier alpha value is -2.71. The number of anilines is 1. The molecule has 29 heavy (non-hydrogen) atoms. The highest BCUT2D eigenvalue weighted by atomic mass is 32.2. The molecule has 8 heteroatoms. The first-order valence-electron chi connectivity index (χ1n) is 9.57. The smallest absolute Gasteiger partial charge is 0.263 e. The summed E-state index contributed by atoms with van der Waals surface area (Å²) in [5, 5.41) is 3.86. The molecule has 7 nitrogen and oxygen atoms in total. The fourth-order valence-electron chi connectivity index (χ4n) is 3.33. The monoisotopic (exact) mass is 410 g/mol. The molecule has 3 heterocycles. The molecule has 0 unspecified atom stereocenters. The zero-order valence-corrected chi connectivity index (χ0v) is 16.9. The highest BCUT2D eigenvalue weighted by Gasteiger charge is 2.21. The van der Waals surface area contributed by atoms with Crippen molar-refractivity contribution in [3.05, 3.63) is 58.5 Å². The summed E-state index contributed by atoms with van der Waals surface area (Å²) in [6, 6.07) is 11.1. The van der Waals surface area contributed by atoms with Crippen molar-refractivity contribution < 1.29 is 9.53 Å². The highest BCUT2D eigenvalue weighted by Crippen LogP contribution is 2.21. The van der Waals surface area contributed by atoms with Gasteiger partial charge in [0.05, 0.1) is 23.8 Å². The van der Waals surface area contributed by atoms with E-state index in [4.69, 9.17) is 4.74 Å². The van der Waals surface area contributed by atoms with Gasteiger partial charge >= 0.3 is 0 Å². The standard InChI is InChI=1S/C21H22N4O3S/c1-14-6-2-3-9-17(14)23-18(26)13-29-21-24-19-16(8-4-10-22-19)20(27)25(21)12-15-7-5-11-28-15/h2-4,6,8-10,15H,5,7,11-13H2,1H3,(H,23,26)/t15-/m1/s1. The second kappa shape index (κ2) is 8.75. The number of aryl methyl sites for hydroxylation is 1. The average molecular weight is 410 g/mol. The predicted molar refractivity (Wildman–Crippen MR) is 113 cm³/mol. The zero-order chi connectivity index (χ0) is 20.2. The van der Waals surface area contributed by atoms with E-state index in [0.29, 0.717) is 29.3 Å². The maximum atomic E-state index is 13.0. The number of rotatable bonds is 6. The topological polar surface area (TPSA) is 86.1 Å². The van der Waals surface area contributed by atoms with Crippen molar-refractivity contribution in [2.45, 2.75) is 37.6 Å². The molecule has 0 saturated carbocycles. The molecule has 0 radical (unpaired) electrons. The van der Waals surface area contributed by atoms with E-state index in [0.717, 1.165) is 24.1 Å². The van der Waals surface area contributed by atoms with Crippen LogP contribution >= 0.6 is 11.8 Å². The third-order valence-electron chi connectivity index (χ3n) is 4.86. The molecule has 1 N–H and O–H groups in total. The first kappa shape index (κ1) is 19.6. The number of hydrogen-bond acceptors (Lipinski definition) is 6. The molecule has 0 aliphatic carbocycles. The molecule has 1 aliphatic rings. The maximum Gasteiger partial charge on any atom is 0.263 e. The van der Waals surface area contributed by atoms with Crippen LogP contribution in [-0.2, 0) is 16.1 Å². The molecule has 1 fully saturated rings. The van der Waals surface area contributed by atoms with Gasteiger partial charge in [0.15, 0.2) is 10.8 Å². The number of carbonyl (C=O) groups excluding carboxylic acids is 1. The van der Waals surface area contributed by atoms with E-state index in [1.54, 1.807) is 22.9 Å². The van der Waals surface area contributed by atoms with Gasteiger partial charge in [-0.1, -0.05) is 30.0 Å². The van der Waals surface area contributed by atoms with Gasteiger partial charge in [0.2, 0.25) is 5.91 Å². The molecule has 1 aliphatic heterocycles. The van der Waals surface area contributed by atoms with Crippen LogP contribution in [-0.4, -0.2) is 38.9 Å². The van der Waals surface area contributed by atoms with Crippen LogP contribution in [0.3, 0.4) is 0 Å². The number of pyridine rings is 1. The van der Waals surface area contributed by atoms with Gasteiger partial charge in [-0.25, -0.2) is 9.97 Å². The Morgan fingerprint density at radius 2 is 2.17 bits per heavy atom. The molecule has 0 spiro atoms. The summed E-state index contributed by atoms with van der Waals surface area (Å²) in [6.45, 7) is 3.08. The quantitative estimate of drug-likeness (QED) is 0.497. The molecule has 150 valence electrons. The van der Waals surface area contributed by atoms with E-state index in [-0.39, 0.29) is 23.3 Å². The first-order chi connectivity index (χ1) is 14.1. The van der Waals surface area contributed by atoms with Crippen LogP contribution < -0.4 is 10.9 Å². The second-order valence-corrected chi connectivity index (χ2v) is 7.91. The van der Waals surface area contributed by atoms with Crippen molar-refractivity contribution in [3.8, 4) is 0 Å². The van der Waals surface area contributed by atoms with E-state index in [1.165, 1.54) is 11.8 Å². The van der Waals surface area contributed by atoms with Crippen LogP contribution in [0.1, 0.15) is 18.4 Å². The lowest BCUT2D eigenvalue weighted by atomic mass is 10.2. The molecule has 1 atom stereocenters. The van der Waals surface area contributed by atoms with E-state index in [2.05, 4.69) is 15.3 Å². The number of nitrogens with zero attached hydrogens (tertiary/aromatic N) is 3. The Balaban J connectivity index is 1.57. The van der Waals surface area contributed by atoms with Crippen LogP contribution in [0.5, 0.6) is 0 Å². The number of hydrogen-bond donors (Lipinski definition) is 1. The SMILES string of the molecule is Cc1ccccc1NC(=O)CSc1nc2ncccc2c(=O)n1C[C@H]1CCCO1. The summed E-state index contributed by atoms with van der Waals surface area (Å²) >= 11 is 1.24. The van der Waals surface area contributed by atoms with Gasteiger partial charge in [-0.05, 0) is 43.5 Å². The molecule has 3 aromatic rings. The van der Waals surface area contributed by atoms with Gasteiger partial charge in [-0.3, -0.25) is 14.2 Å². The maximum absolute atomic E-state index is 13.0. The molecule has 0 bridgehead atoms. The molecule has 1 aromatic carbocycles. The number of ether oxygens (including phenoxy) is 1. The summed E-state index contributed by atoms with van der Waals surface area (Å²) in [6.07, 6.45) is 3.50. The van der Waals surface area contributed by atoms with Crippen LogP contribution in [0.15, 0.2) is 52.5 Å². The van der Waals surface area contributed by atoms with E-state index in [9.17, 15) is 9.59 Å². The Morgan fingerprint density at radius 3 is 2.97 bits per heavy atom. The van der Waals surface area contributed by atoms with Crippen LogP contribution in [0.4, 0.5) is 5.69 Å². The number of nitrogens with one attached hydrogen (secondary N) is 1. The number of carbonyl (C=O) groups is 1. The molecule has 4 rings (SSSR count). The Kier molecular flexibility index (Phi) is 5.92. The summed E-state index contributed by atoms with van der Waals surface area (Å²) in [5.74, 6) is -0.00620. The summed E-state index contributed by atoms with van der Waals surface area (Å²) < 4.78 is 7.32. The Morgan fingerprint density at radius 1 is 1.31 bits per heavy atom. The van der Waals surface area contributed by atoms with Gasteiger partial charge in [0, 0.05) is 18.5 Å². The van der Waals surface area contributed by atoms with Gasteiger partial charge in [0.1, 0.15) is 0 Å². The molecule has 1 amide bonds. The number of aromatic nitrogens is 3. The Bertz CT molecular complexity index is 1090. The fourth-order valence-corrected chi connectivity index (χ4v) is 4.13. The second-order valence-electron chi connectivity index (χ2n) is 6.97. The van der Waals surface area contributed by atoms with Crippen molar-refractivity contribution in [3.63, 3.8) is 0 Å². The normalized spacial score (nSPS) is 16.2. The number of amides is 1. The van der Waals surface area contributed by atoms with Gasteiger partial charge in [-0.2, -0.15) is 0 Å². The van der Waals surface area contributed by atoms with Gasteiger partial charge in [0.25, 0.3) is 5.56 Å². The Labute approximate surface area is 172 Å². The third kappa shape index (κ3) is 4.49. The number of para-hydroxylation sites is 1. The van der Waals surface area contributed by atoms with Crippen molar-refractivity contribution in [2.75, 3.05) is 17.7 Å². The minimum Gasteiger partial charge on any atom is -0.376 e. The zero-order valence-electron chi connectivity index (χ0n) is 16.1. The number of benzene rings is 1. The van der Waals surface area contributed by atoms with E-state index < -0.39 is 0 Å². The van der Waals surface area contributed by atoms with Crippen molar-refractivity contribution in [1.29, 1.82) is 0 Å². The number of fused-ring (bicyclic) bond motifs is 1. The summed E-state index contributed by atoms with van der Waals surface area (Å²) in [5.41, 5.74) is 2.01. The molecule has 2 aromatic heterocycles. The predicted octanol–water partition coefficient (Wildman–Crippen LogP) is 3.01. The van der Waals surface area contributed by atoms with Crippen LogP contribution in [0, 0.1) is 6.92 Å². The van der Waals surface area contributed by atoms with Crippen LogP contribution in [0.25, 0.3) is 11.0 Å². The van der Waals surface area contributed by atoms with Crippen LogP contribution in [0.2, 0.25) is 0 Å². The first-order valence-corrected chi connectivity index (χ1v) is 10.6. The highest BCUT2D eigenvalue weighted by molar-refractivity contribution is 7.99. The van der Waals surface area contributed by atoms with Gasteiger partial charge in [-0.15, -0.1) is 0 Å². The minimum absolute atomic E-state index is 0.0104. The van der Waals surface area contributed by atoms with E-state index >= 15 is 0 Å². The average Bonchev–Trinajstić information content (AvgIpc) is 3.24. The largest absolute Gasteiger partial charge is 0.376 e. The van der Waals surface area contributed by atoms with Crippen molar-refractivity contribution >= 4 is 34.4 Å². The van der Waals surface area contributed by atoms with E-state index in [1.807, 2.05) is 31.2 Å². The van der Waals surface area contributed by atoms with Crippen molar-refractivity contribution in [2.24, 2.45) is 0 Å². The molecular formula is C21H22N4O3S. The minimum atomic E-state index is -0.152. The number of thioether (sulfide) groups is 1. The fraction of sp³-hybridized carbons (Fsp3) is 0.333. The lowest BCUT2D eigenvalue weighted by Gasteiger charge is -2.16. The molecular weight excluding hydrogens is 388 g/mol. The third-order valence-corrected chi connectivity index (χ3v) is 5.83.